The van der Waals surface area contributed by atoms with E-state index < -0.39 is 10.0 Å². The molecule has 0 saturated carbocycles. The van der Waals surface area contributed by atoms with Gasteiger partial charge in [-0.05, 0) is 24.6 Å². The zero-order valence-electron chi connectivity index (χ0n) is 12.9. The lowest BCUT2D eigenvalue weighted by Crippen LogP contribution is -2.15. The van der Waals surface area contributed by atoms with E-state index in [1.165, 1.54) is 42.9 Å². The number of hydrogen-bond donors (Lipinski definition) is 1. The molecular weight excluding hydrogens is 332 g/mol. The largest absolute Gasteiger partial charge is 0.495 e. The summed E-state index contributed by atoms with van der Waals surface area (Å²) in [6, 6.07) is 6.35. The average molecular weight is 346 g/mol. The van der Waals surface area contributed by atoms with Crippen molar-refractivity contribution < 1.29 is 13.2 Å². The van der Waals surface area contributed by atoms with Crippen molar-refractivity contribution in [3.05, 3.63) is 48.8 Å². The Morgan fingerprint density at radius 3 is 2.71 bits per heavy atom. The third-order valence-corrected chi connectivity index (χ3v) is 4.53. The van der Waals surface area contributed by atoms with Gasteiger partial charge in [0.2, 0.25) is 0 Å². The highest BCUT2D eigenvalue weighted by Crippen LogP contribution is 2.26. The molecule has 0 bridgehead atoms. The molecule has 2 aromatic heterocycles. The Labute approximate surface area is 138 Å². The summed E-state index contributed by atoms with van der Waals surface area (Å²) in [6.45, 7) is 1.80. The number of rotatable bonds is 5. The smallest absolute Gasteiger partial charge is 0.266 e. The maximum absolute atomic E-state index is 12.6. The monoisotopic (exact) mass is 346 g/mol. The molecule has 9 nitrogen and oxygen atoms in total. The zero-order valence-corrected chi connectivity index (χ0v) is 13.7. The van der Waals surface area contributed by atoms with Gasteiger partial charge in [0, 0.05) is 6.07 Å². The second kappa shape index (κ2) is 6.24. The average Bonchev–Trinajstić information content (AvgIpc) is 3.09. The third kappa shape index (κ3) is 3.18. The molecule has 0 fully saturated rings. The lowest BCUT2D eigenvalue weighted by Gasteiger charge is -2.12. The summed E-state index contributed by atoms with van der Waals surface area (Å²) >= 11 is 0. The molecule has 1 aromatic carbocycles. The fourth-order valence-electron chi connectivity index (χ4n) is 2.04. The predicted molar refractivity (Wildman–Crippen MR) is 85.5 cm³/mol. The maximum Gasteiger partial charge on any atom is 0.266 e. The van der Waals surface area contributed by atoms with Gasteiger partial charge in [0.05, 0.1) is 7.11 Å². The number of methoxy groups -OCH3 is 1. The Morgan fingerprint density at radius 2 is 2.00 bits per heavy atom. The van der Waals surface area contributed by atoms with Gasteiger partial charge in [-0.1, -0.05) is 6.07 Å². The summed E-state index contributed by atoms with van der Waals surface area (Å²) in [5, 5.41) is 3.94. The van der Waals surface area contributed by atoms with Crippen LogP contribution in [-0.4, -0.2) is 40.3 Å². The Balaban J connectivity index is 1.96. The highest BCUT2D eigenvalue weighted by Gasteiger charge is 2.20. The standard InChI is InChI=1S/C14H14N6O3S/c1-10-3-4-11(23-2)12(5-10)24(21,22)19-13-6-14(17-8-16-13)20-9-15-7-18-20/h3-9H,1-2H3,(H,16,17,19). The Bertz CT molecular complexity index is 956. The molecule has 0 aliphatic heterocycles. The second-order valence-electron chi connectivity index (χ2n) is 4.86. The van der Waals surface area contributed by atoms with E-state index in [9.17, 15) is 8.42 Å². The topological polar surface area (TPSA) is 112 Å². The first-order valence-corrected chi connectivity index (χ1v) is 8.32. The van der Waals surface area contributed by atoms with Crippen LogP contribution in [0.5, 0.6) is 5.75 Å². The van der Waals surface area contributed by atoms with E-state index in [2.05, 4.69) is 24.8 Å². The quantitative estimate of drug-likeness (QED) is 0.738. The summed E-state index contributed by atoms with van der Waals surface area (Å²) in [7, 11) is -2.46. The molecule has 10 heteroatoms. The van der Waals surface area contributed by atoms with Crippen molar-refractivity contribution in [1.29, 1.82) is 0 Å². The molecule has 2 heterocycles. The number of nitrogens with zero attached hydrogens (tertiary/aromatic N) is 5. The number of benzene rings is 1. The number of aromatic nitrogens is 5. The van der Waals surface area contributed by atoms with Gasteiger partial charge in [0.15, 0.2) is 5.82 Å². The number of hydrogen-bond acceptors (Lipinski definition) is 7. The van der Waals surface area contributed by atoms with E-state index in [1.54, 1.807) is 19.1 Å². The summed E-state index contributed by atoms with van der Waals surface area (Å²) < 4.78 is 34.2. The Morgan fingerprint density at radius 1 is 1.17 bits per heavy atom. The first-order valence-electron chi connectivity index (χ1n) is 6.84. The molecule has 24 heavy (non-hydrogen) atoms. The highest BCUT2D eigenvalue weighted by atomic mass is 32.2. The van der Waals surface area contributed by atoms with E-state index in [4.69, 9.17) is 4.74 Å². The van der Waals surface area contributed by atoms with Crippen molar-refractivity contribution >= 4 is 15.8 Å². The lowest BCUT2D eigenvalue weighted by atomic mass is 10.2. The summed E-state index contributed by atoms with van der Waals surface area (Å²) in [5.41, 5.74) is 0.794. The number of ether oxygens (including phenoxy) is 1. The highest BCUT2D eigenvalue weighted by molar-refractivity contribution is 7.92. The Hall–Kier alpha value is -3.01. The van der Waals surface area contributed by atoms with Gasteiger partial charge in [0.1, 0.15) is 35.4 Å². The molecule has 0 unspecified atom stereocenters. The van der Waals surface area contributed by atoms with Gasteiger partial charge in [-0.2, -0.15) is 5.10 Å². The van der Waals surface area contributed by atoms with Crippen LogP contribution in [0.4, 0.5) is 5.82 Å². The minimum absolute atomic E-state index is 0.0333. The lowest BCUT2D eigenvalue weighted by molar-refractivity contribution is 0.402. The molecule has 124 valence electrons. The van der Waals surface area contributed by atoms with Crippen LogP contribution in [0.2, 0.25) is 0 Å². The van der Waals surface area contributed by atoms with Crippen molar-refractivity contribution in [2.45, 2.75) is 11.8 Å². The second-order valence-corrected chi connectivity index (χ2v) is 6.51. The van der Waals surface area contributed by atoms with E-state index in [-0.39, 0.29) is 16.5 Å². The van der Waals surface area contributed by atoms with Gasteiger partial charge in [-0.25, -0.2) is 28.1 Å². The fraction of sp³-hybridized carbons (Fsp3) is 0.143. The summed E-state index contributed by atoms with van der Waals surface area (Å²) in [6.07, 6.45) is 4.04. The third-order valence-electron chi connectivity index (χ3n) is 3.15. The molecule has 0 saturated heterocycles. The molecule has 0 aliphatic carbocycles. The molecular formula is C14H14N6O3S. The van der Waals surface area contributed by atoms with Gasteiger partial charge < -0.3 is 4.74 Å². The van der Waals surface area contributed by atoms with Crippen LogP contribution in [-0.2, 0) is 10.0 Å². The van der Waals surface area contributed by atoms with Crippen LogP contribution in [0.25, 0.3) is 5.82 Å². The SMILES string of the molecule is COc1ccc(C)cc1S(=O)(=O)Nc1cc(-n2cncn2)ncn1. The molecule has 0 atom stereocenters. The molecule has 0 radical (unpaired) electrons. The van der Waals surface area contributed by atoms with Crippen LogP contribution in [0.1, 0.15) is 5.56 Å². The van der Waals surface area contributed by atoms with Crippen LogP contribution in [0, 0.1) is 6.92 Å². The van der Waals surface area contributed by atoms with Gasteiger partial charge in [-0.15, -0.1) is 0 Å². The first kappa shape index (κ1) is 15.9. The van der Waals surface area contributed by atoms with E-state index in [0.717, 1.165) is 5.56 Å². The van der Waals surface area contributed by atoms with Crippen molar-refractivity contribution in [3.8, 4) is 11.6 Å². The molecule has 0 spiro atoms. The number of nitrogens with one attached hydrogen (secondary N) is 1. The fourth-order valence-corrected chi connectivity index (χ4v) is 3.30. The van der Waals surface area contributed by atoms with Crippen molar-refractivity contribution in [3.63, 3.8) is 0 Å². The van der Waals surface area contributed by atoms with Gasteiger partial charge >= 0.3 is 0 Å². The van der Waals surface area contributed by atoms with E-state index in [0.29, 0.717) is 5.82 Å². The molecule has 3 aromatic rings. The number of sulfonamides is 1. The zero-order chi connectivity index (χ0) is 17.2. The molecule has 0 amide bonds. The molecule has 1 N–H and O–H groups in total. The van der Waals surface area contributed by atoms with Gasteiger partial charge in [0.25, 0.3) is 10.0 Å². The molecule has 3 rings (SSSR count). The van der Waals surface area contributed by atoms with Crippen molar-refractivity contribution in [1.82, 2.24) is 24.7 Å². The predicted octanol–water partition coefficient (Wildman–Crippen LogP) is 1.18. The van der Waals surface area contributed by atoms with Crippen molar-refractivity contribution in [2.75, 3.05) is 11.8 Å². The van der Waals surface area contributed by atoms with E-state index in [1.807, 2.05) is 0 Å². The summed E-state index contributed by atoms with van der Waals surface area (Å²) in [4.78, 5) is 11.8. The first-order chi connectivity index (χ1) is 11.5. The van der Waals surface area contributed by atoms with Crippen LogP contribution >= 0.6 is 0 Å². The summed E-state index contributed by atoms with van der Waals surface area (Å²) in [5.74, 6) is 0.745. The number of anilines is 1. The maximum atomic E-state index is 12.6. The van der Waals surface area contributed by atoms with Crippen LogP contribution in [0.3, 0.4) is 0 Å². The minimum atomic E-state index is -3.87. The van der Waals surface area contributed by atoms with Crippen molar-refractivity contribution in [2.24, 2.45) is 0 Å². The van der Waals surface area contributed by atoms with Crippen LogP contribution in [0.15, 0.2) is 48.1 Å². The normalized spacial score (nSPS) is 11.2. The minimum Gasteiger partial charge on any atom is -0.495 e. The Kier molecular flexibility index (Phi) is 4.13. The van der Waals surface area contributed by atoms with E-state index >= 15 is 0 Å². The van der Waals surface area contributed by atoms with Gasteiger partial charge in [-0.3, -0.25) is 4.72 Å². The molecule has 0 aliphatic rings. The van der Waals surface area contributed by atoms with Crippen LogP contribution < -0.4 is 9.46 Å². The number of aryl methyl sites for hydroxylation is 1.